The maximum Gasteiger partial charge on any atom is 0.417 e. The standard InChI is InChI=1S/C23H14ClF3N8O2/c24-17-5-4-14(9-16(17)23(25,26)27)34-22(36)33-13-2-1-3-15(8-13)37-20-10-18(29-11-30-20)19-6-7-28-21-31-12-32-35(19)21/h1-12H,(H2,33,34,36). The van der Waals surface area contributed by atoms with E-state index in [1.807, 2.05) is 0 Å². The van der Waals surface area contributed by atoms with Gasteiger partial charge in [0.25, 0.3) is 5.78 Å². The summed E-state index contributed by atoms with van der Waals surface area (Å²) in [5.74, 6) is 0.968. The van der Waals surface area contributed by atoms with Crippen LogP contribution >= 0.6 is 11.6 Å². The number of hydrogen-bond acceptors (Lipinski definition) is 7. The second kappa shape index (κ2) is 9.70. The van der Waals surface area contributed by atoms with Crippen molar-refractivity contribution < 1.29 is 22.7 Å². The number of carbonyl (C=O) groups is 1. The summed E-state index contributed by atoms with van der Waals surface area (Å²) in [7, 11) is 0. The number of hydrogen-bond donors (Lipinski definition) is 2. The number of rotatable bonds is 5. The number of alkyl halides is 3. The van der Waals surface area contributed by atoms with E-state index in [4.69, 9.17) is 16.3 Å². The molecule has 0 radical (unpaired) electrons. The van der Waals surface area contributed by atoms with Gasteiger partial charge in [-0.3, -0.25) is 0 Å². The second-order valence-electron chi connectivity index (χ2n) is 7.44. The predicted octanol–water partition coefficient (Wildman–Crippen LogP) is 5.69. The number of nitrogens with one attached hydrogen (secondary N) is 2. The zero-order valence-electron chi connectivity index (χ0n) is 18.4. The third-order valence-electron chi connectivity index (χ3n) is 4.93. The average molecular weight is 527 g/mol. The molecule has 0 fully saturated rings. The van der Waals surface area contributed by atoms with Crippen molar-refractivity contribution in [1.29, 1.82) is 0 Å². The van der Waals surface area contributed by atoms with E-state index in [9.17, 15) is 18.0 Å². The van der Waals surface area contributed by atoms with Crippen LogP contribution in [0.25, 0.3) is 17.2 Å². The van der Waals surface area contributed by atoms with Crippen molar-refractivity contribution in [2.45, 2.75) is 6.18 Å². The minimum atomic E-state index is -4.66. The van der Waals surface area contributed by atoms with Crippen molar-refractivity contribution in [3.8, 4) is 23.0 Å². The van der Waals surface area contributed by atoms with Crippen LogP contribution in [0, 0.1) is 0 Å². The van der Waals surface area contributed by atoms with Crippen LogP contribution < -0.4 is 15.4 Å². The monoisotopic (exact) mass is 526 g/mol. The number of carbonyl (C=O) groups excluding carboxylic acids is 1. The molecule has 2 amide bonds. The number of nitrogens with zero attached hydrogens (tertiary/aromatic N) is 6. The Morgan fingerprint density at radius 3 is 2.54 bits per heavy atom. The van der Waals surface area contributed by atoms with Gasteiger partial charge in [-0.15, -0.1) is 0 Å². The van der Waals surface area contributed by atoms with Gasteiger partial charge in [0.15, 0.2) is 0 Å². The van der Waals surface area contributed by atoms with Crippen molar-refractivity contribution in [3.63, 3.8) is 0 Å². The van der Waals surface area contributed by atoms with E-state index in [0.717, 1.165) is 12.1 Å². The maximum atomic E-state index is 13.1. The molecule has 0 atom stereocenters. The van der Waals surface area contributed by atoms with Crippen LogP contribution in [0.2, 0.25) is 5.02 Å². The van der Waals surface area contributed by atoms with Crippen LogP contribution in [0.15, 0.2) is 73.4 Å². The van der Waals surface area contributed by atoms with Crippen LogP contribution in [-0.2, 0) is 6.18 Å². The molecule has 3 heterocycles. The molecular weight excluding hydrogens is 513 g/mol. The van der Waals surface area contributed by atoms with E-state index in [0.29, 0.717) is 28.6 Å². The lowest BCUT2D eigenvalue weighted by molar-refractivity contribution is -0.137. The van der Waals surface area contributed by atoms with Crippen molar-refractivity contribution in [3.05, 3.63) is 84.0 Å². The Bertz CT molecular complexity index is 1610. The molecule has 3 aromatic heterocycles. The molecule has 0 aliphatic rings. The Hall–Kier alpha value is -4.78. The Balaban J connectivity index is 1.29. The normalized spacial score (nSPS) is 11.4. The molecule has 2 aromatic carbocycles. The highest BCUT2D eigenvalue weighted by atomic mass is 35.5. The highest BCUT2D eigenvalue weighted by molar-refractivity contribution is 6.31. The van der Waals surface area contributed by atoms with Crippen LogP contribution in [-0.4, -0.2) is 35.6 Å². The van der Waals surface area contributed by atoms with Crippen LogP contribution in [0.4, 0.5) is 29.3 Å². The summed E-state index contributed by atoms with van der Waals surface area (Å²) in [6.45, 7) is 0. The van der Waals surface area contributed by atoms with Crippen LogP contribution in [0.3, 0.4) is 0 Å². The van der Waals surface area contributed by atoms with Crippen molar-refractivity contribution in [1.82, 2.24) is 29.5 Å². The first-order chi connectivity index (χ1) is 17.8. The molecule has 186 valence electrons. The molecule has 2 N–H and O–H groups in total. The number of ether oxygens (including phenoxy) is 1. The number of anilines is 2. The molecule has 37 heavy (non-hydrogen) atoms. The summed E-state index contributed by atoms with van der Waals surface area (Å²) < 4.78 is 46.5. The maximum absolute atomic E-state index is 13.1. The SMILES string of the molecule is O=C(Nc1cccc(Oc2cc(-c3ccnc4ncnn34)ncn2)c1)Nc1ccc(Cl)c(C(F)(F)F)c1. The van der Waals surface area contributed by atoms with Gasteiger partial charge in [0.2, 0.25) is 5.88 Å². The van der Waals surface area contributed by atoms with Gasteiger partial charge < -0.3 is 15.4 Å². The lowest BCUT2D eigenvalue weighted by Gasteiger charge is -2.13. The molecule has 10 nitrogen and oxygen atoms in total. The minimum Gasteiger partial charge on any atom is -0.439 e. The molecule has 14 heteroatoms. The lowest BCUT2D eigenvalue weighted by atomic mass is 10.2. The molecule has 5 rings (SSSR count). The molecule has 5 aromatic rings. The molecule has 0 aliphatic carbocycles. The van der Waals surface area contributed by atoms with Gasteiger partial charge in [0.1, 0.15) is 18.4 Å². The Kier molecular flexibility index (Phi) is 6.27. The van der Waals surface area contributed by atoms with Gasteiger partial charge in [-0.1, -0.05) is 17.7 Å². The topological polar surface area (TPSA) is 119 Å². The summed E-state index contributed by atoms with van der Waals surface area (Å²) in [6.07, 6.45) is -0.376. The van der Waals surface area contributed by atoms with Gasteiger partial charge in [0.05, 0.1) is 22.0 Å². The number of fused-ring (bicyclic) bond motifs is 1. The van der Waals surface area contributed by atoms with Gasteiger partial charge in [-0.05, 0) is 36.4 Å². The lowest BCUT2D eigenvalue weighted by Crippen LogP contribution is -2.20. The number of aromatic nitrogens is 6. The Labute approximate surface area is 211 Å². The van der Waals surface area contributed by atoms with E-state index in [-0.39, 0.29) is 11.6 Å². The van der Waals surface area contributed by atoms with Crippen molar-refractivity contribution >= 4 is 34.8 Å². The average Bonchev–Trinajstić information content (AvgIpc) is 3.34. The first kappa shape index (κ1) is 23.9. The zero-order valence-corrected chi connectivity index (χ0v) is 19.2. The minimum absolute atomic E-state index is 0.0762. The molecule has 0 aliphatic heterocycles. The molecule has 0 saturated heterocycles. The molecular formula is C23H14ClF3N8O2. The third kappa shape index (κ3) is 5.41. The summed E-state index contributed by atoms with van der Waals surface area (Å²) in [4.78, 5) is 28.9. The van der Waals surface area contributed by atoms with Gasteiger partial charge in [-0.25, -0.2) is 19.7 Å². The number of urea groups is 1. The van der Waals surface area contributed by atoms with Gasteiger partial charge >= 0.3 is 12.2 Å². The number of amides is 2. The summed E-state index contributed by atoms with van der Waals surface area (Å²) >= 11 is 5.61. The van der Waals surface area contributed by atoms with Gasteiger partial charge in [0, 0.05) is 29.7 Å². The fourth-order valence-corrected chi connectivity index (χ4v) is 3.56. The molecule has 0 bridgehead atoms. The van der Waals surface area contributed by atoms with Gasteiger partial charge in [-0.2, -0.15) is 27.8 Å². The first-order valence-electron chi connectivity index (χ1n) is 10.5. The first-order valence-corrected chi connectivity index (χ1v) is 10.8. The van der Waals surface area contributed by atoms with E-state index < -0.39 is 22.8 Å². The van der Waals surface area contributed by atoms with E-state index in [1.54, 1.807) is 36.5 Å². The van der Waals surface area contributed by atoms with E-state index in [1.165, 1.54) is 29.3 Å². The molecule has 0 spiro atoms. The molecule has 0 saturated carbocycles. The highest BCUT2D eigenvalue weighted by Gasteiger charge is 2.33. The molecule has 0 unspecified atom stereocenters. The van der Waals surface area contributed by atoms with Crippen molar-refractivity contribution in [2.75, 3.05) is 10.6 Å². The predicted molar refractivity (Wildman–Crippen MR) is 127 cm³/mol. The Morgan fingerprint density at radius 1 is 0.919 bits per heavy atom. The summed E-state index contributed by atoms with van der Waals surface area (Å²) in [5, 5.41) is 8.56. The summed E-state index contributed by atoms with van der Waals surface area (Å²) in [5.41, 5.74) is 0.332. The van der Waals surface area contributed by atoms with E-state index in [2.05, 4.69) is 35.7 Å². The quantitative estimate of drug-likeness (QED) is 0.302. The van der Waals surface area contributed by atoms with Crippen molar-refractivity contribution in [2.24, 2.45) is 0 Å². The number of halogens is 4. The zero-order chi connectivity index (χ0) is 26.0. The smallest absolute Gasteiger partial charge is 0.417 e. The Morgan fingerprint density at radius 2 is 1.73 bits per heavy atom. The fourth-order valence-electron chi connectivity index (χ4n) is 3.34. The third-order valence-corrected chi connectivity index (χ3v) is 5.26. The number of benzene rings is 2. The fraction of sp³-hybridized carbons (Fsp3) is 0.0435. The second-order valence-corrected chi connectivity index (χ2v) is 7.85. The highest BCUT2D eigenvalue weighted by Crippen LogP contribution is 2.36. The van der Waals surface area contributed by atoms with E-state index >= 15 is 0 Å². The summed E-state index contributed by atoms with van der Waals surface area (Å²) in [6, 6.07) is 12.0. The largest absolute Gasteiger partial charge is 0.439 e. The van der Waals surface area contributed by atoms with Crippen LogP contribution in [0.1, 0.15) is 5.56 Å². The van der Waals surface area contributed by atoms with Crippen LogP contribution in [0.5, 0.6) is 11.6 Å².